The van der Waals surface area contributed by atoms with Gasteiger partial charge < -0.3 is 4.42 Å². The molecule has 0 N–H and O–H groups in total. The highest BCUT2D eigenvalue weighted by atomic mass is 16.3. The van der Waals surface area contributed by atoms with E-state index in [-0.39, 0.29) is 0 Å². The van der Waals surface area contributed by atoms with Crippen LogP contribution in [-0.2, 0) is 5.41 Å². The Labute approximate surface area is 323 Å². The third kappa shape index (κ3) is 4.88. The summed E-state index contributed by atoms with van der Waals surface area (Å²) in [5.74, 6) is 1.75. The molecule has 0 bridgehead atoms. The van der Waals surface area contributed by atoms with Crippen LogP contribution in [0.15, 0.2) is 199 Å². The average Bonchev–Trinajstić information content (AvgIpc) is 3.81. The molecule has 7 aromatic carbocycles. The molecule has 1 aliphatic carbocycles. The van der Waals surface area contributed by atoms with Crippen molar-refractivity contribution in [1.29, 1.82) is 0 Å². The van der Waals surface area contributed by atoms with Gasteiger partial charge in [0, 0.05) is 39.2 Å². The van der Waals surface area contributed by atoms with Crippen LogP contribution in [0.4, 0.5) is 0 Å². The first-order valence-electron chi connectivity index (χ1n) is 18.8. The van der Waals surface area contributed by atoms with E-state index in [0.29, 0.717) is 17.5 Å². The fraction of sp³-hybridized carbons (Fsp3) is 0.0196. The molecule has 0 unspecified atom stereocenters. The lowest BCUT2D eigenvalue weighted by atomic mass is 9.67. The molecule has 262 valence electrons. The van der Waals surface area contributed by atoms with Crippen molar-refractivity contribution in [2.24, 2.45) is 0 Å². The van der Waals surface area contributed by atoms with Crippen LogP contribution in [0.5, 0.6) is 0 Å². The molecule has 0 fully saturated rings. The molecule has 56 heavy (non-hydrogen) atoms. The van der Waals surface area contributed by atoms with E-state index in [1.54, 1.807) is 0 Å². The van der Waals surface area contributed by atoms with E-state index in [2.05, 4.69) is 127 Å². The highest BCUT2D eigenvalue weighted by Crippen LogP contribution is 2.59. The normalized spacial score (nSPS) is 12.8. The molecular formula is C51H32N4O. The number of nitrogens with zero attached hydrogens (tertiary/aromatic N) is 4. The fourth-order valence-electron chi connectivity index (χ4n) is 8.72. The minimum atomic E-state index is -0.632. The first-order chi connectivity index (χ1) is 27.8. The SMILES string of the molecule is c1ccc(-c2nc(-c3cc(-c4ccccn4)cc4c3-c3ccccc3C4(c3ccccc3)c3ccccc3)nc(-c3cccc4oc5ccccc5c34)n2)cc1. The monoisotopic (exact) mass is 716 g/mol. The second-order valence-electron chi connectivity index (χ2n) is 14.1. The summed E-state index contributed by atoms with van der Waals surface area (Å²) >= 11 is 0. The van der Waals surface area contributed by atoms with Crippen LogP contribution in [-0.4, -0.2) is 19.9 Å². The van der Waals surface area contributed by atoms with E-state index >= 15 is 0 Å². The van der Waals surface area contributed by atoms with Gasteiger partial charge in [0.15, 0.2) is 17.5 Å². The topological polar surface area (TPSA) is 64.7 Å². The van der Waals surface area contributed by atoms with Crippen molar-refractivity contribution < 1.29 is 4.42 Å². The Morgan fingerprint density at radius 1 is 0.411 bits per heavy atom. The van der Waals surface area contributed by atoms with Crippen LogP contribution < -0.4 is 0 Å². The van der Waals surface area contributed by atoms with Crippen molar-refractivity contribution >= 4 is 21.9 Å². The Hall–Kier alpha value is -7.50. The quantitative estimate of drug-likeness (QED) is 0.171. The fourth-order valence-corrected chi connectivity index (χ4v) is 8.72. The maximum absolute atomic E-state index is 6.34. The highest BCUT2D eigenvalue weighted by Gasteiger charge is 2.47. The molecule has 3 aromatic heterocycles. The summed E-state index contributed by atoms with van der Waals surface area (Å²) in [7, 11) is 0. The van der Waals surface area contributed by atoms with Gasteiger partial charge in [-0.15, -0.1) is 0 Å². The Kier molecular flexibility index (Phi) is 7.32. The number of para-hydroxylation sites is 1. The van der Waals surface area contributed by atoms with E-state index in [1.807, 2.05) is 66.9 Å². The van der Waals surface area contributed by atoms with Crippen LogP contribution in [0.25, 0.3) is 78.5 Å². The van der Waals surface area contributed by atoms with Gasteiger partial charge in [0.2, 0.25) is 0 Å². The van der Waals surface area contributed by atoms with Crippen LogP contribution in [0.3, 0.4) is 0 Å². The Balaban J connectivity index is 1.28. The van der Waals surface area contributed by atoms with Gasteiger partial charge in [-0.3, -0.25) is 4.98 Å². The first kappa shape index (κ1) is 32.0. The second kappa shape index (κ2) is 12.8. The van der Waals surface area contributed by atoms with Crippen molar-refractivity contribution in [2.45, 2.75) is 5.41 Å². The number of aromatic nitrogens is 4. The lowest BCUT2D eigenvalue weighted by molar-refractivity contribution is 0.669. The minimum absolute atomic E-state index is 0.576. The number of pyridine rings is 1. The standard InChI is InChI=1S/C51H32N4O/c1-4-17-33(18-5-1)48-53-49(39-25-16-29-45-47(39)38-24-11-13-28-44(38)56-45)55-50(54-48)40-31-34(43-27-14-15-30-52-43)32-42-46(40)37-23-10-12-26-41(37)51(42,35-19-6-2-7-20-35)36-21-8-3-9-22-36/h1-32H. The molecule has 5 heteroatoms. The van der Waals surface area contributed by atoms with Crippen LogP contribution in [0.2, 0.25) is 0 Å². The number of benzene rings is 7. The van der Waals surface area contributed by atoms with Crippen molar-refractivity contribution in [3.63, 3.8) is 0 Å². The summed E-state index contributed by atoms with van der Waals surface area (Å²) < 4.78 is 6.34. The van der Waals surface area contributed by atoms with Crippen LogP contribution in [0, 0.1) is 0 Å². The molecule has 0 saturated carbocycles. The molecule has 11 rings (SSSR count). The Bertz CT molecular complexity index is 3030. The van der Waals surface area contributed by atoms with Crippen molar-refractivity contribution in [1.82, 2.24) is 19.9 Å². The molecule has 0 aliphatic heterocycles. The third-order valence-corrected chi connectivity index (χ3v) is 11.1. The second-order valence-corrected chi connectivity index (χ2v) is 14.1. The largest absolute Gasteiger partial charge is 0.456 e. The summed E-state index contributed by atoms with van der Waals surface area (Å²) in [6.07, 6.45) is 1.85. The van der Waals surface area contributed by atoms with Crippen molar-refractivity contribution in [3.8, 4) is 56.5 Å². The molecule has 10 aromatic rings. The van der Waals surface area contributed by atoms with E-state index < -0.39 is 5.41 Å². The van der Waals surface area contributed by atoms with E-state index in [0.717, 1.165) is 66.6 Å². The van der Waals surface area contributed by atoms with Gasteiger partial charge in [-0.05, 0) is 69.8 Å². The zero-order valence-corrected chi connectivity index (χ0v) is 30.2. The lowest BCUT2D eigenvalue weighted by Gasteiger charge is -2.34. The predicted octanol–water partition coefficient (Wildman–Crippen LogP) is 12.2. The summed E-state index contributed by atoms with van der Waals surface area (Å²) in [5.41, 5.74) is 12.5. The van der Waals surface area contributed by atoms with E-state index in [1.165, 1.54) is 16.7 Å². The van der Waals surface area contributed by atoms with Crippen molar-refractivity contribution in [3.05, 3.63) is 217 Å². The number of furan rings is 1. The first-order valence-corrected chi connectivity index (χ1v) is 18.8. The number of hydrogen-bond donors (Lipinski definition) is 0. The molecule has 0 radical (unpaired) electrons. The summed E-state index contributed by atoms with van der Waals surface area (Å²) in [6, 6.07) is 65.5. The molecule has 0 spiro atoms. The molecule has 0 atom stereocenters. The van der Waals surface area contributed by atoms with Crippen LogP contribution >= 0.6 is 0 Å². The van der Waals surface area contributed by atoms with Gasteiger partial charge >= 0.3 is 0 Å². The van der Waals surface area contributed by atoms with Crippen LogP contribution in [0.1, 0.15) is 22.3 Å². The molecular weight excluding hydrogens is 685 g/mol. The Morgan fingerprint density at radius 2 is 1.02 bits per heavy atom. The average molecular weight is 717 g/mol. The third-order valence-electron chi connectivity index (χ3n) is 11.1. The predicted molar refractivity (Wildman–Crippen MR) is 224 cm³/mol. The summed E-state index contributed by atoms with van der Waals surface area (Å²) in [5, 5.41) is 1.99. The highest BCUT2D eigenvalue weighted by molar-refractivity contribution is 6.11. The van der Waals surface area contributed by atoms with Crippen molar-refractivity contribution in [2.75, 3.05) is 0 Å². The lowest BCUT2D eigenvalue weighted by Crippen LogP contribution is -2.28. The molecule has 3 heterocycles. The van der Waals surface area contributed by atoms with Gasteiger partial charge in [0.05, 0.1) is 11.1 Å². The van der Waals surface area contributed by atoms with E-state index in [9.17, 15) is 0 Å². The zero-order chi connectivity index (χ0) is 37.1. The number of hydrogen-bond acceptors (Lipinski definition) is 5. The van der Waals surface area contributed by atoms with Gasteiger partial charge in [-0.1, -0.05) is 152 Å². The van der Waals surface area contributed by atoms with Gasteiger partial charge in [-0.2, -0.15) is 0 Å². The zero-order valence-electron chi connectivity index (χ0n) is 30.2. The smallest absolute Gasteiger partial charge is 0.164 e. The molecule has 0 saturated heterocycles. The van der Waals surface area contributed by atoms with Gasteiger partial charge in [-0.25, -0.2) is 15.0 Å². The molecule has 5 nitrogen and oxygen atoms in total. The maximum atomic E-state index is 6.34. The van der Waals surface area contributed by atoms with Gasteiger partial charge in [0.1, 0.15) is 11.2 Å². The van der Waals surface area contributed by atoms with E-state index in [4.69, 9.17) is 24.4 Å². The summed E-state index contributed by atoms with van der Waals surface area (Å²) in [4.78, 5) is 20.8. The number of rotatable bonds is 6. The maximum Gasteiger partial charge on any atom is 0.164 e. The Morgan fingerprint density at radius 3 is 1.77 bits per heavy atom. The van der Waals surface area contributed by atoms with Gasteiger partial charge in [0.25, 0.3) is 0 Å². The minimum Gasteiger partial charge on any atom is -0.456 e. The molecule has 0 amide bonds. The summed E-state index contributed by atoms with van der Waals surface area (Å²) in [6.45, 7) is 0. The molecule has 1 aliphatic rings. The number of fused-ring (bicyclic) bond motifs is 6.